The molecule has 3 heterocycles. The van der Waals surface area contributed by atoms with E-state index in [0.717, 1.165) is 16.6 Å². The highest BCUT2D eigenvalue weighted by Gasteiger charge is 2.15. The molecule has 1 unspecified atom stereocenters. The molecular formula is C20H15N5O. The first-order valence-corrected chi connectivity index (χ1v) is 8.42. The number of para-hydroxylation sites is 2. The Balaban J connectivity index is 1.80. The van der Waals surface area contributed by atoms with Crippen molar-refractivity contribution in [3.8, 4) is 0 Å². The fraction of sp³-hybridized carbons (Fsp3) is 0.100. The Morgan fingerprint density at radius 2 is 1.73 bits per heavy atom. The van der Waals surface area contributed by atoms with Crippen LogP contribution in [0.3, 0.4) is 0 Å². The predicted molar refractivity (Wildman–Crippen MR) is 100 cm³/mol. The summed E-state index contributed by atoms with van der Waals surface area (Å²) in [6, 6.07) is 17.5. The van der Waals surface area contributed by atoms with E-state index in [0.29, 0.717) is 16.8 Å². The molecule has 0 saturated heterocycles. The first kappa shape index (κ1) is 14.8. The van der Waals surface area contributed by atoms with Crippen LogP contribution in [0.5, 0.6) is 0 Å². The quantitative estimate of drug-likeness (QED) is 0.494. The Labute approximate surface area is 148 Å². The molecule has 5 aromatic rings. The zero-order chi connectivity index (χ0) is 17.7. The molecule has 3 aromatic heterocycles. The minimum absolute atomic E-state index is 0.112. The summed E-state index contributed by atoms with van der Waals surface area (Å²) in [6.45, 7) is 1.99. The van der Waals surface area contributed by atoms with E-state index in [-0.39, 0.29) is 11.6 Å². The molecule has 0 aliphatic carbocycles. The topological polar surface area (TPSA) is 65.1 Å². The Bertz CT molecular complexity index is 1320. The lowest BCUT2D eigenvalue weighted by atomic mass is 10.1. The SMILES string of the molecule is CC(c1ccccc1)n1cnc2c(cnc3nc4ccccc4n32)c1=O. The molecule has 126 valence electrons. The summed E-state index contributed by atoms with van der Waals surface area (Å²) >= 11 is 0. The zero-order valence-corrected chi connectivity index (χ0v) is 14.1. The van der Waals surface area contributed by atoms with Gasteiger partial charge in [-0.1, -0.05) is 42.5 Å². The van der Waals surface area contributed by atoms with Crippen molar-refractivity contribution < 1.29 is 0 Å². The molecule has 0 bridgehead atoms. The van der Waals surface area contributed by atoms with Gasteiger partial charge in [0, 0.05) is 6.20 Å². The second kappa shape index (κ2) is 5.49. The molecule has 2 aromatic carbocycles. The van der Waals surface area contributed by atoms with Gasteiger partial charge < -0.3 is 0 Å². The molecule has 0 amide bonds. The second-order valence-electron chi connectivity index (χ2n) is 6.28. The van der Waals surface area contributed by atoms with Crippen molar-refractivity contribution in [1.29, 1.82) is 0 Å². The first-order valence-electron chi connectivity index (χ1n) is 8.42. The molecule has 0 saturated carbocycles. The van der Waals surface area contributed by atoms with Gasteiger partial charge in [-0.15, -0.1) is 0 Å². The number of rotatable bonds is 2. The summed E-state index contributed by atoms with van der Waals surface area (Å²) in [6.07, 6.45) is 3.18. The van der Waals surface area contributed by atoms with Crippen molar-refractivity contribution >= 4 is 27.8 Å². The van der Waals surface area contributed by atoms with Crippen LogP contribution in [-0.2, 0) is 0 Å². The number of hydrogen-bond acceptors (Lipinski definition) is 4. The van der Waals surface area contributed by atoms with Gasteiger partial charge in [0.15, 0.2) is 5.65 Å². The smallest absolute Gasteiger partial charge is 0.264 e. The molecule has 0 radical (unpaired) electrons. The van der Waals surface area contributed by atoms with Crippen LogP contribution in [0, 0.1) is 0 Å². The summed E-state index contributed by atoms with van der Waals surface area (Å²) < 4.78 is 3.48. The average molecular weight is 341 g/mol. The van der Waals surface area contributed by atoms with Crippen molar-refractivity contribution in [2.45, 2.75) is 13.0 Å². The molecule has 6 nitrogen and oxygen atoms in total. The van der Waals surface area contributed by atoms with Crippen molar-refractivity contribution in [2.24, 2.45) is 0 Å². The maximum atomic E-state index is 13.1. The number of nitrogens with zero attached hydrogens (tertiary/aromatic N) is 5. The van der Waals surface area contributed by atoms with E-state index in [9.17, 15) is 4.79 Å². The number of benzene rings is 2. The van der Waals surface area contributed by atoms with E-state index < -0.39 is 0 Å². The Kier molecular flexibility index (Phi) is 3.12. The predicted octanol–water partition coefficient (Wildman–Crippen LogP) is 3.20. The summed E-state index contributed by atoms with van der Waals surface area (Å²) in [5.74, 6) is 0.541. The lowest BCUT2D eigenvalue weighted by Gasteiger charge is -2.15. The zero-order valence-electron chi connectivity index (χ0n) is 14.1. The average Bonchev–Trinajstić information content (AvgIpc) is 3.07. The van der Waals surface area contributed by atoms with E-state index in [4.69, 9.17) is 0 Å². The van der Waals surface area contributed by atoms with E-state index >= 15 is 0 Å². The van der Waals surface area contributed by atoms with Crippen LogP contribution >= 0.6 is 0 Å². The van der Waals surface area contributed by atoms with Crippen LogP contribution in [0.2, 0.25) is 0 Å². The number of imidazole rings is 1. The van der Waals surface area contributed by atoms with Crippen LogP contribution in [0.1, 0.15) is 18.5 Å². The third kappa shape index (κ3) is 2.05. The number of fused-ring (bicyclic) bond motifs is 5. The van der Waals surface area contributed by atoms with Gasteiger partial charge in [0.25, 0.3) is 5.56 Å². The maximum absolute atomic E-state index is 13.1. The number of hydrogen-bond donors (Lipinski definition) is 0. The molecule has 0 fully saturated rings. The van der Waals surface area contributed by atoms with Crippen molar-refractivity contribution in [2.75, 3.05) is 0 Å². The van der Waals surface area contributed by atoms with Crippen LogP contribution in [-0.4, -0.2) is 23.9 Å². The number of aromatic nitrogens is 5. The van der Waals surface area contributed by atoms with Gasteiger partial charge in [-0.25, -0.2) is 15.0 Å². The second-order valence-corrected chi connectivity index (χ2v) is 6.28. The van der Waals surface area contributed by atoms with Crippen LogP contribution in [0.15, 0.2) is 71.9 Å². The summed E-state index contributed by atoms with van der Waals surface area (Å²) in [5, 5.41) is 0.478. The van der Waals surface area contributed by atoms with Crippen molar-refractivity contribution in [3.05, 3.63) is 83.0 Å². The van der Waals surface area contributed by atoms with Gasteiger partial charge in [0.1, 0.15) is 11.7 Å². The Hall–Kier alpha value is -3.54. The fourth-order valence-electron chi connectivity index (χ4n) is 3.36. The highest BCUT2D eigenvalue weighted by atomic mass is 16.1. The van der Waals surface area contributed by atoms with Gasteiger partial charge in [0.2, 0.25) is 5.78 Å². The van der Waals surface area contributed by atoms with Crippen molar-refractivity contribution in [1.82, 2.24) is 23.9 Å². The van der Waals surface area contributed by atoms with Crippen LogP contribution in [0.4, 0.5) is 0 Å². The molecular weight excluding hydrogens is 326 g/mol. The molecule has 1 atom stereocenters. The van der Waals surface area contributed by atoms with E-state index in [1.165, 1.54) is 0 Å². The lowest BCUT2D eigenvalue weighted by Crippen LogP contribution is -2.25. The molecule has 0 spiro atoms. The monoisotopic (exact) mass is 341 g/mol. The highest BCUT2D eigenvalue weighted by Crippen LogP contribution is 2.20. The highest BCUT2D eigenvalue weighted by molar-refractivity contribution is 5.86. The molecule has 26 heavy (non-hydrogen) atoms. The van der Waals surface area contributed by atoms with E-state index in [2.05, 4.69) is 15.0 Å². The molecule has 0 aliphatic heterocycles. The third-order valence-corrected chi connectivity index (χ3v) is 4.77. The van der Waals surface area contributed by atoms with E-state index in [1.807, 2.05) is 65.9 Å². The summed E-state index contributed by atoms with van der Waals surface area (Å²) in [4.78, 5) is 26.6. The summed E-state index contributed by atoms with van der Waals surface area (Å²) in [5.41, 5.74) is 3.24. The Morgan fingerprint density at radius 1 is 0.962 bits per heavy atom. The van der Waals surface area contributed by atoms with E-state index in [1.54, 1.807) is 17.1 Å². The lowest BCUT2D eigenvalue weighted by molar-refractivity contribution is 0.608. The van der Waals surface area contributed by atoms with Gasteiger partial charge >= 0.3 is 0 Å². The third-order valence-electron chi connectivity index (χ3n) is 4.77. The summed E-state index contributed by atoms with van der Waals surface area (Å²) in [7, 11) is 0. The largest absolute Gasteiger partial charge is 0.291 e. The fourth-order valence-corrected chi connectivity index (χ4v) is 3.36. The molecule has 0 N–H and O–H groups in total. The van der Waals surface area contributed by atoms with Gasteiger partial charge in [-0.2, -0.15) is 0 Å². The van der Waals surface area contributed by atoms with Gasteiger partial charge in [-0.05, 0) is 24.6 Å². The molecule has 6 heteroatoms. The van der Waals surface area contributed by atoms with Crippen molar-refractivity contribution in [3.63, 3.8) is 0 Å². The Morgan fingerprint density at radius 3 is 2.58 bits per heavy atom. The van der Waals surface area contributed by atoms with Gasteiger partial charge in [-0.3, -0.25) is 13.8 Å². The molecule has 0 aliphatic rings. The maximum Gasteiger partial charge on any atom is 0.264 e. The minimum atomic E-state index is -0.115. The standard InChI is InChI=1S/C20H15N5O/c1-13(14-7-3-2-4-8-14)24-12-22-18-15(19(24)26)11-21-20-23-16-9-5-6-10-17(16)25(18)20/h2-13H,1H3. The van der Waals surface area contributed by atoms with Crippen LogP contribution in [0.25, 0.3) is 27.8 Å². The minimum Gasteiger partial charge on any atom is -0.291 e. The normalized spacial score (nSPS) is 12.8. The molecule has 5 rings (SSSR count). The first-order chi connectivity index (χ1) is 12.7. The van der Waals surface area contributed by atoms with Crippen LogP contribution < -0.4 is 5.56 Å². The van der Waals surface area contributed by atoms with Gasteiger partial charge in [0.05, 0.1) is 17.1 Å².